The molecular weight excluding hydrogens is 587 g/mol. The fraction of sp³-hybridized carbons (Fsp3) is 0.378. The van der Waals surface area contributed by atoms with Crippen LogP contribution >= 0.6 is 0 Å². The number of para-hydroxylation sites is 1. The molecular formula is C37H40F3N5O. The van der Waals surface area contributed by atoms with E-state index in [4.69, 9.17) is 0 Å². The van der Waals surface area contributed by atoms with Crippen molar-refractivity contribution in [3.8, 4) is 11.1 Å². The Hall–Kier alpha value is -4.24. The number of carbonyl (C=O) groups is 1. The molecule has 6 nitrogen and oxygen atoms in total. The van der Waals surface area contributed by atoms with Crippen LogP contribution in [0.5, 0.6) is 0 Å². The number of anilines is 2. The van der Waals surface area contributed by atoms with Gasteiger partial charge in [-0.3, -0.25) is 14.7 Å². The van der Waals surface area contributed by atoms with E-state index in [1.165, 1.54) is 6.07 Å². The van der Waals surface area contributed by atoms with Crippen LogP contribution < -0.4 is 4.90 Å². The molecule has 2 saturated heterocycles. The summed E-state index contributed by atoms with van der Waals surface area (Å²) in [5.74, 6) is 0.620. The Morgan fingerprint density at radius 1 is 0.870 bits per heavy atom. The molecule has 0 N–H and O–H groups in total. The second kappa shape index (κ2) is 12.9. The summed E-state index contributed by atoms with van der Waals surface area (Å²) in [5.41, 5.74) is 5.08. The van der Waals surface area contributed by atoms with E-state index in [1.807, 2.05) is 61.2 Å². The lowest BCUT2D eigenvalue weighted by Crippen LogP contribution is -2.58. The van der Waals surface area contributed by atoms with E-state index in [-0.39, 0.29) is 17.5 Å². The van der Waals surface area contributed by atoms with Crippen molar-refractivity contribution in [1.29, 1.82) is 0 Å². The molecule has 4 heterocycles. The second-order valence-electron chi connectivity index (χ2n) is 12.8. The molecule has 0 bridgehead atoms. The van der Waals surface area contributed by atoms with Crippen molar-refractivity contribution >= 4 is 17.4 Å². The summed E-state index contributed by atoms with van der Waals surface area (Å²) in [4.78, 5) is 28.8. The summed E-state index contributed by atoms with van der Waals surface area (Å²) in [6.45, 7) is 9.48. The Balaban J connectivity index is 1.11. The van der Waals surface area contributed by atoms with Gasteiger partial charge < -0.3 is 9.80 Å². The molecule has 46 heavy (non-hydrogen) atoms. The molecule has 2 aromatic heterocycles. The number of piperidine rings is 2. The van der Waals surface area contributed by atoms with E-state index in [0.29, 0.717) is 18.9 Å². The third-order valence-corrected chi connectivity index (χ3v) is 9.84. The van der Waals surface area contributed by atoms with Crippen molar-refractivity contribution in [2.75, 3.05) is 31.1 Å². The zero-order valence-electron chi connectivity index (χ0n) is 26.6. The lowest BCUT2D eigenvalue weighted by molar-refractivity contribution is -0.137. The highest BCUT2D eigenvalue weighted by atomic mass is 19.4. The quantitative estimate of drug-likeness (QED) is 0.216. The Morgan fingerprint density at radius 2 is 1.50 bits per heavy atom. The van der Waals surface area contributed by atoms with Gasteiger partial charge in [0.15, 0.2) is 0 Å². The maximum atomic E-state index is 13.8. The van der Waals surface area contributed by atoms with E-state index >= 15 is 0 Å². The molecule has 9 heteroatoms. The fourth-order valence-electron chi connectivity index (χ4n) is 7.16. The Morgan fingerprint density at radius 3 is 2.07 bits per heavy atom. The molecule has 1 amide bonds. The zero-order valence-corrected chi connectivity index (χ0v) is 26.6. The predicted molar refractivity (Wildman–Crippen MR) is 175 cm³/mol. The molecule has 4 aromatic rings. The normalized spacial score (nSPS) is 17.6. The molecule has 240 valence electrons. The summed E-state index contributed by atoms with van der Waals surface area (Å²) >= 11 is 0. The highest BCUT2D eigenvalue weighted by Gasteiger charge is 2.40. The first-order valence-electron chi connectivity index (χ1n) is 16.0. The van der Waals surface area contributed by atoms with E-state index in [2.05, 4.69) is 38.8 Å². The van der Waals surface area contributed by atoms with Crippen molar-refractivity contribution in [3.63, 3.8) is 0 Å². The number of aromatic nitrogens is 2. The van der Waals surface area contributed by atoms with Gasteiger partial charge in [-0.05, 0) is 105 Å². The highest BCUT2D eigenvalue weighted by Crippen LogP contribution is 2.37. The van der Waals surface area contributed by atoms with Gasteiger partial charge in [-0.2, -0.15) is 13.2 Å². The molecule has 0 saturated carbocycles. The third kappa shape index (κ3) is 6.51. The van der Waals surface area contributed by atoms with Gasteiger partial charge >= 0.3 is 6.18 Å². The molecule has 0 unspecified atom stereocenters. The van der Waals surface area contributed by atoms with Crippen LogP contribution in [0.4, 0.5) is 24.7 Å². The van der Waals surface area contributed by atoms with Gasteiger partial charge in [0.25, 0.3) is 5.91 Å². The zero-order chi connectivity index (χ0) is 32.5. The number of carbonyl (C=O) groups excluding carboxylic acids is 1. The third-order valence-electron chi connectivity index (χ3n) is 9.84. The van der Waals surface area contributed by atoms with Crippen molar-refractivity contribution < 1.29 is 18.0 Å². The lowest BCUT2D eigenvalue weighted by Gasteiger charge is -2.50. The minimum Gasteiger partial charge on any atom is -0.338 e. The number of rotatable bonds is 6. The summed E-state index contributed by atoms with van der Waals surface area (Å²) in [5, 5.41) is 0. The van der Waals surface area contributed by atoms with Gasteiger partial charge in [0.1, 0.15) is 5.82 Å². The van der Waals surface area contributed by atoms with Crippen molar-refractivity contribution in [2.24, 2.45) is 0 Å². The first-order valence-corrected chi connectivity index (χ1v) is 16.0. The molecule has 2 aromatic carbocycles. The fourth-order valence-corrected chi connectivity index (χ4v) is 7.16. The first kappa shape index (κ1) is 31.7. The van der Waals surface area contributed by atoms with Crippen LogP contribution in [0.25, 0.3) is 11.1 Å². The van der Waals surface area contributed by atoms with Gasteiger partial charge in [-0.25, -0.2) is 4.98 Å². The molecule has 0 aliphatic carbocycles. The monoisotopic (exact) mass is 627 g/mol. The van der Waals surface area contributed by atoms with Crippen LogP contribution in [-0.4, -0.2) is 63.4 Å². The number of alkyl halides is 3. The first-order chi connectivity index (χ1) is 22.0. The van der Waals surface area contributed by atoms with E-state index in [0.717, 1.165) is 84.5 Å². The topological polar surface area (TPSA) is 52.6 Å². The Labute approximate surface area is 268 Å². The number of amides is 1. The van der Waals surface area contributed by atoms with E-state index in [1.54, 1.807) is 12.4 Å². The van der Waals surface area contributed by atoms with Crippen LogP contribution in [0.2, 0.25) is 0 Å². The predicted octanol–water partition coefficient (Wildman–Crippen LogP) is 8.08. The molecule has 2 fully saturated rings. The second-order valence-corrected chi connectivity index (χ2v) is 12.8. The number of halogens is 3. The number of benzene rings is 2. The smallest absolute Gasteiger partial charge is 0.338 e. The van der Waals surface area contributed by atoms with E-state index in [9.17, 15) is 18.0 Å². The SMILES string of the molecule is Cc1cc(-c2ccncc2)cc(C)c1C(=O)N1CCC(C)(N2CCC(N(c3ccccc3)c3ccc(C(F)(F)F)cn3)CC2)CC1. The minimum absolute atomic E-state index is 0.0266. The maximum Gasteiger partial charge on any atom is 0.417 e. The maximum absolute atomic E-state index is 13.8. The number of hydrogen-bond donors (Lipinski definition) is 0. The number of nitrogens with zero attached hydrogens (tertiary/aromatic N) is 5. The van der Waals surface area contributed by atoms with Crippen molar-refractivity contribution in [2.45, 2.75) is 64.2 Å². The van der Waals surface area contributed by atoms with Crippen LogP contribution in [0, 0.1) is 13.8 Å². The van der Waals surface area contributed by atoms with Crippen LogP contribution in [0.3, 0.4) is 0 Å². The molecule has 0 radical (unpaired) electrons. The van der Waals surface area contributed by atoms with Gasteiger partial charge in [0.05, 0.1) is 5.56 Å². The lowest BCUT2D eigenvalue weighted by atomic mass is 9.84. The van der Waals surface area contributed by atoms with Crippen molar-refractivity contribution in [3.05, 3.63) is 108 Å². The largest absolute Gasteiger partial charge is 0.417 e. The summed E-state index contributed by atoms with van der Waals surface area (Å²) in [6.07, 6.45) is 3.56. The van der Waals surface area contributed by atoms with E-state index < -0.39 is 11.7 Å². The average molecular weight is 628 g/mol. The summed E-state index contributed by atoms with van der Waals surface area (Å²) in [6, 6.07) is 20.6. The van der Waals surface area contributed by atoms with Crippen LogP contribution in [0.15, 0.2) is 85.3 Å². The molecule has 6 rings (SSSR count). The summed E-state index contributed by atoms with van der Waals surface area (Å²) < 4.78 is 39.7. The number of hydrogen-bond acceptors (Lipinski definition) is 5. The van der Waals surface area contributed by atoms with Gasteiger partial charge in [-0.1, -0.05) is 30.3 Å². The molecule has 0 spiro atoms. The van der Waals surface area contributed by atoms with Crippen LogP contribution in [-0.2, 0) is 6.18 Å². The van der Waals surface area contributed by atoms with Gasteiger partial charge in [0.2, 0.25) is 0 Å². The standard InChI is InChI=1S/C37H40F3N5O/c1-26-23-29(28-11-17-41-18-12-28)24-27(2)34(26)35(46)43-21-15-36(3,16-22-43)44-19-13-32(14-20-44)45(31-7-5-4-6-8-31)33-10-9-30(25-42-33)37(38,39)40/h4-12,17-18,23-25,32H,13-16,19-22H2,1-3H3. The highest BCUT2D eigenvalue weighted by molar-refractivity contribution is 5.98. The minimum atomic E-state index is -4.42. The summed E-state index contributed by atoms with van der Waals surface area (Å²) in [7, 11) is 0. The van der Waals surface area contributed by atoms with Gasteiger partial charge in [0, 0.05) is 67.6 Å². The number of likely N-dealkylation sites (tertiary alicyclic amines) is 2. The Kier molecular flexibility index (Phi) is 8.88. The Bertz CT molecular complexity index is 1620. The van der Waals surface area contributed by atoms with Crippen molar-refractivity contribution in [1.82, 2.24) is 19.8 Å². The molecule has 2 aliphatic heterocycles. The molecule has 0 atom stereocenters. The molecule has 2 aliphatic rings. The average Bonchev–Trinajstić information content (AvgIpc) is 3.06. The number of pyridine rings is 2. The van der Waals surface area contributed by atoms with Gasteiger partial charge in [-0.15, -0.1) is 0 Å². The van der Waals surface area contributed by atoms with Crippen LogP contribution in [0.1, 0.15) is 59.7 Å². The number of aryl methyl sites for hydroxylation is 2.